The molecule has 2 aromatic rings. The summed E-state index contributed by atoms with van der Waals surface area (Å²) in [5.41, 5.74) is 2.93. The number of hydrogen-bond acceptors (Lipinski definition) is 3. The first-order chi connectivity index (χ1) is 12.0. The van der Waals surface area contributed by atoms with Crippen LogP contribution in [0.25, 0.3) is 0 Å². The lowest BCUT2D eigenvalue weighted by Crippen LogP contribution is -2.29. The molecule has 0 bridgehead atoms. The number of rotatable bonds is 7. The second kappa shape index (κ2) is 9.63. The summed E-state index contributed by atoms with van der Waals surface area (Å²) in [7, 11) is 0. The third-order valence-electron chi connectivity index (χ3n) is 3.60. The van der Waals surface area contributed by atoms with E-state index < -0.39 is 0 Å². The van der Waals surface area contributed by atoms with E-state index in [1.807, 2.05) is 56.3 Å². The van der Waals surface area contributed by atoms with Crippen molar-refractivity contribution in [2.24, 2.45) is 0 Å². The largest absolute Gasteiger partial charge is 0.355 e. The maximum atomic E-state index is 12.0. The van der Waals surface area contributed by atoms with Crippen LogP contribution >= 0.6 is 27.7 Å². The minimum absolute atomic E-state index is 0.0697. The molecule has 0 heterocycles. The summed E-state index contributed by atoms with van der Waals surface area (Å²) >= 11 is 4.89. The van der Waals surface area contributed by atoms with E-state index in [-0.39, 0.29) is 18.2 Å². The first-order valence-electron chi connectivity index (χ1n) is 7.97. The van der Waals surface area contributed by atoms with Gasteiger partial charge in [-0.1, -0.05) is 40.2 Å². The Bertz CT molecular complexity index is 765. The second-order valence-electron chi connectivity index (χ2n) is 5.66. The van der Waals surface area contributed by atoms with Crippen molar-refractivity contribution in [3.63, 3.8) is 0 Å². The molecule has 0 radical (unpaired) electrons. The zero-order valence-electron chi connectivity index (χ0n) is 14.3. The molecule has 132 valence electrons. The molecule has 0 saturated heterocycles. The fourth-order valence-electron chi connectivity index (χ4n) is 2.17. The lowest BCUT2D eigenvalue weighted by molar-refractivity contribution is -0.119. The topological polar surface area (TPSA) is 58.2 Å². The van der Waals surface area contributed by atoms with E-state index in [1.165, 1.54) is 11.8 Å². The first kappa shape index (κ1) is 19.5. The van der Waals surface area contributed by atoms with Crippen LogP contribution in [0.15, 0.2) is 51.8 Å². The van der Waals surface area contributed by atoms with Gasteiger partial charge in [-0.3, -0.25) is 9.59 Å². The Morgan fingerprint density at radius 2 is 1.80 bits per heavy atom. The number of aryl methyl sites for hydroxylation is 2. The van der Waals surface area contributed by atoms with Gasteiger partial charge < -0.3 is 10.6 Å². The lowest BCUT2D eigenvalue weighted by atomic mass is 10.2. The number of nitrogens with one attached hydrogen (secondary N) is 2. The molecule has 2 aromatic carbocycles. The van der Waals surface area contributed by atoms with Crippen molar-refractivity contribution in [1.82, 2.24) is 5.32 Å². The van der Waals surface area contributed by atoms with Crippen LogP contribution in [0.2, 0.25) is 0 Å². The Hall–Kier alpha value is -1.79. The summed E-state index contributed by atoms with van der Waals surface area (Å²) in [6.07, 6.45) is 0.243. The van der Waals surface area contributed by atoms with Crippen molar-refractivity contribution in [3.05, 3.63) is 58.1 Å². The Morgan fingerprint density at radius 1 is 1.04 bits per heavy atom. The molecule has 25 heavy (non-hydrogen) atoms. The molecule has 2 amide bonds. The van der Waals surface area contributed by atoms with Crippen LogP contribution < -0.4 is 10.6 Å². The number of benzene rings is 2. The van der Waals surface area contributed by atoms with Crippen LogP contribution in [0, 0.1) is 13.8 Å². The van der Waals surface area contributed by atoms with Crippen molar-refractivity contribution < 1.29 is 9.59 Å². The maximum Gasteiger partial charge on any atom is 0.230 e. The molecule has 4 nitrogen and oxygen atoms in total. The number of halogens is 1. The highest BCUT2D eigenvalue weighted by Gasteiger charge is 2.08. The molecule has 0 saturated carbocycles. The first-order valence-corrected chi connectivity index (χ1v) is 9.74. The van der Waals surface area contributed by atoms with Gasteiger partial charge in [0.2, 0.25) is 11.8 Å². The minimum atomic E-state index is -0.118. The number of hydrogen-bond donors (Lipinski definition) is 2. The summed E-state index contributed by atoms with van der Waals surface area (Å²) in [6, 6.07) is 13.7. The van der Waals surface area contributed by atoms with Crippen LogP contribution in [-0.2, 0) is 9.59 Å². The van der Waals surface area contributed by atoms with Gasteiger partial charge in [0.05, 0.1) is 5.75 Å². The molecule has 0 aliphatic carbocycles. The van der Waals surface area contributed by atoms with Crippen molar-refractivity contribution in [2.45, 2.75) is 25.2 Å². The number of carbonyl (C=O) groups excluding carboxylic acids is 2. The third-order valence-corrected chi connectivity index (χ3v) is 5.27. The molecule has 0 atom stereocenters. The SMILES string of the molecule is Cc1ccc(Br)cc1NC(=O)CCNC(=O)CSc1ccccc1C. The van der Waals surface area contributed by atoms with Crippen molar-refractivity contribution in [3.8, 4) is 0 Å². The second-order valence-corrected chi connectivity index (χ2v) is 7.59. The van der Waals surface area contributed by atoms with Gasteiger partial charge in [0.15, 0.2) is 0 Å². The summed E-state index contributed by atoms with van der Waals surface area (Å²) < 4.78 is 0.912. The van der Waals surface area contributed by atoms with E-state index in [1.54, 1.807) is 0 Å². The number of anilines is 1. The number of thioether (sulfide) groups is 1. The van der Waals surface area contributed by atoms with E-state index in [9.17, 15) is 9.59 Å². The average molecular weight is 421 g/mol. The lowest BCUT2D eigenvalue weighted by Gasteiger charge is -2.10. The van der Waals surface area contributed by atoms with Crippen LogP contribution in [0.1, 0.15) is 17.5 Å². The third kappa shape index (κ3) is 6.55. The van der Waals surface area contributed by atoms with Gasteiger partial charge in [-0.15, -0.1) is 11.8 Å². The Balaban J connectivity index is 1.71. The van der Waals surface area contributed by atoms with Crippen LogP contribution in [-0.4, -0.2) is 24.1 Å². The smallest absolute Gasteiger partial charge is 0.230 e. The predicted octanol–water partition coefficient (Wildman–Crippen LogP) is 4.30. The number of carbonyl (C=O) groups is 2. The van der Waals surface area contributed by atoms with Gasteiger partial charge >= 0.3 is 0 Å². The van der Waals surface area contributed by atoms with Crippen molar-refractivity contribution in [1.29, 1.82) is 0 Å². The molecular formula is C19H21BrN2O2S. The minimum Gasteiger partial charge on any atom is -0.355 e. The van der Waals surface area contributed by atoms with E-state index in [0.717, 1.165) is 26.2 Å². The van der Waals surface area contributed by atoms with E-state index in [0.29, 0.717) is 12.3 Å². The Kier molecular flexibility index (Phi) is 7.52. The normalized spacial score (nSPS) is 10.4. The summed E-state index contributed by atoms with van der Waals surface area (Å²) in [5.74, 6) is 0.157. The molecule has 0 aliphatic heterocycles. The summed E-state index contributed by atoms with van der Waals surface area (Å²) in [4.78, 5) is 25.0. The Labute approximate surface area is 160 Å². The summed E-state index contributed by atoms with van der Waals surface area (Å²) in [5, 5.41) is 5.65. The Morgan fingerprint density at radius 3 is 2.56 bits per heavy atom. The molecule has 2 N–H and O–H groups in total. The number of amides is 2. The van der Waals surface area contributed by atoms with Gasteiger partial charge in [-0.2, -0.15) is 0 Å². The predicted molar refractivity (Wildman–Crippen MR) is 107 cm³/mol. The van der Waals surface area contributed by atoms with Gasteiger partial charge in [0.1, 0.15) is 0 Å². The standard InChI is InChI=1S/C19H21BrN2O2S/c1-13-7-8-15(20)11-16(13)22-18(23)9-10-21-19(24)12-25-17-6-4-3-5-14(17)2/h3-8,11H,9-10,12H2,1-2H3,(H,21,24)(H,22,23). The maximum absolute atomic E-state index is 12.0. The molecule has 0 aromatic heterocycles. The van der Waals surface area contributed by atoms with E-state index in [2.05, 4.69) is 26.6 Å². The highest BCUT2D eigenvalue weighted by Crippen LogP contribution is 2.22. The van der Waals surface area contributed by atoms with Crippen LogP contribution in [0.3, 0.4) is 0 Å². The average Bonchev–Trinajstić information content (AvgIpc) is 2.57. The summed E-state index contributed by atoms with van der Waals surface area (Å²) in [6.45, 7) is 4.28. The zero-order valence-corrected chi connectivity index (χ0v) is 16.7. The molecule has 0 spiro atoms. The van der Waals surface area contributed by atoms with Crippen molar-refractivity contribution in [2.75, 3.05) is 17.6 Å². The quantitative estimate of drug-likeness (QED) is 0.656. The molecule has 6 heteroatoms. The zero-order chi connectivity index (χ0) is 18.2. The highest BCUT2D eigenvalue weighted by atomic mass is 79.9. The van der Waals surface area contributed by atoms with Gasteiger partial charge in [0, 0.05) is 28.0 Å². The molecule has 0 aliphatic rings. The van der Waals surface area contributed by atoms with Crippen LogP contribution in [0.5, 0.6) is 0 Å². The monoisotopic (exact) mass is 420 g/mol. The highest BCUT2D eigenvalue weighted by molar-refractivity contribution is 9.10. The molecule has 0 unspecified atom stereocenters. The molecule has 2 rings (SSSR count). The fraction of sp³-hybridized carbons (Fsp3) is 0.263. The van der Waals surface area contributed by atoms with E-state index in [4.69, 9.17) is 0 Å². The van der Waals surface area contributed by atoms with Gasteiger partial charge in [0.25, 0.3) is 0 Å². The van der Waals surface area contributed by atoms with E-state index >= 15 is 0 Å². The fourth-order valence-corrected chi connectivity index (χ4v) is 3.39. The molecule has 0 fully saturated rings. The van der Waals surface area contributed by atoms with Crippen molar-refractivity contribution >= 4 is 45.2 Å². The van der Waals surface area contributed by atoms with Gasteiger partial charge in [-0.05, 0) is 43.2 Å². The molecular weight excluding hydrogens is 400 g/mol. The van der Waals surface area contributed by atoms with Crippen LogP contribution in [0.4, 0.5) is 5.69 Å². The van der Waals surface area contributed by atoms with Gasteiger partial charge in [-0.25, -0.2) is 0 Å².